The molecule has 43 heavy (non-hydrogen) atoms. The van der Waals surface area contributed by atoms with Crippen molar-refractivity contribution >= 4 is 22.7 Å². The van der Waals surface area contributed by atoms with Gasteiger partial charge < -0.3 is 29.0 Å². The Bertz CT molecular complexity index is 1410. The van der Waals surface area contributed by atoms with Gasteiger partial charge in [-0.3, -0.25) is 9.59 Å². The highest BCUT2D eigenvalue weighted by molar-refractivity contribution is 5.88. The van der Waals surface area contributed by atoms with Crippen LogP contribution >= 0.6 is 0 Å². The molecule has 1 N–H and O–H groups in total. The maximum Gasteiger partial charge on any atom is 0.242 e. The van der Waals surface area contributed by atoms with Gasteiger partial charge in [-0.2, -0.15) is 0 Å². The summed E-state index contributed by atoms with van der Waals surface area (Å²) in [5.74, 6) is 3.37. The Morgan fingerprint density at radius 3 is 2.26 bits per heavy atom. The van der Waals surface area contributed by atoms with Crippen LogP contribution < -0.4 is 9.47 Å². The molecule has 7 rings (SSSR count). The van der Waals surface area contributed by atoms with E-state index in [4.69, 9.17) is 14.2 Å². The van der Waals surface area contributed by atoms with Gasteiger partial charge in [-0.1, -0.05) is 24.3 Å². The minimum atomic E-state index is -0.305. The maximum atomic E-state index is 14.3. The highest BCUT2D eigenvalue weighted by atomic mass is 16.5. The molecule has 1 aromatic heterocycles. The second kappa shape index (κ2) is 12.6. The monoisotopic (exact) mass is 587 g/mol. The van der Waals surface area contributed by atoms with Gasteiger partial charge >= 0.3 is 0 Å². The molecule has 2 amide bonds. The number of rotatable bonds is 13. The van der Waals surface area contributed by atoms with E-state index >= 15 is 0 Å². The molecule has 4 aliphatic rings. The molecule has 2 aromatic carbocycles. The highest BCUT2D eigenvalue weighted by Crippen LogP contribution is 2.60. The van der Waals surface area contributed by atoms with Crippen LogP contribution in [0.25, 0.3) is 10.9 Å². The van der Waals surface area contributed by atoms with E-state index < -0.39 is 0 Å². The topological polar surface area (TPSA) is 84.1 Å². The predicted octanol–water partition coefficient (Wildman–Crippen LogP) is 5.45. The van der Waals surface area contributed by atoms with Gasteiger partial charge in [0.05, 0.1) is 32.8 Å². The zero-order chi connectivity index (χ0) is 30.0. The molecule has 1 heterocycles. The first-order valence-electron chi connectivity index (χ1n) is 15.7. The Morgan fingerprint density at radius 2 is 1.58 bits per heavy atom. The van der Waals surface area contributed by atoms with Gasteiger partial charge in [0.15, 0.2) is 11.5 Å². The molecule has 0 spiro atoms. The zero-order valence-corrected chi connectivity index (χ0v) is 25.8. The summed E-state index contributed by atoms with van der Waals surface area (Å²) in [7, 11) is 4.88. The van der Waals surface area contributed by atoms with Crippen molar-refractivity contribution in [2.24, 2.45) is 23.2 Å². The van der Waals surface area contributed by atoms with Gasteiger partial charge in [-0.25, -0.2) is 0 Å². The van der Waals surface area contributed by atoms with E-state index in [1.807, 2.05) is 46.3 Å². The number of hydrogen-bond acceptors (Lipinski definition) is 5. The van der Waals surface area contributed by atoms with Crippen LogP contribution in [0.4, 0.5) is 0 Å². The number of aromatic nitrogens is 1. The second-order valence-corrected chi connectivity index (χ2v) is 13.0. The molecule has 8 nitrogen and oxygen atoms in total. The van der Waals surface area contributed by atoms with Crippen LogP contribution in [0.15, 0.2) is 48.7 Å². The molecule has 4 bridgehead atoms. The van der Waals surface area contributed by atoms with Crippen LogP contribution in [0.3, 0.4) is 0 Å². The molecule has 4 fully saturated rings. The van der Waals surface area contributed by atoms with Crippen molar-refractivity contribution in [3.05, 3.63) is 59.8 Å². The lowest BCUT2D eigenvalue weighted by molar-refractivity contribution is -0.161. The third-order valence-corrected chi connectivity index (χ3v) is 10.2. The molecule has 0 unspecified atom stereocenters. The Hall–Kier alpha value is -3.52. The first kappa shape index (κ1) is 29.5. The summed E-state index contributed by atoms with van der Waals surface area (Å²) in [5.41, 5.74) is 2.89. The molecule has 0 atom stereocenters. The maximum absolute atomic E-state index is 14.3. The number of amides is 2. The van der Waals surface area contributed by atoms with E-state index in [2.05, 4.69) is 17.1 Å². The van der Waals surface area contributed by atoms with Crippen LogP contribution in [-0.4, -0.2) is 74.2 Å². The van der Waals surface area contributed by atoms with E-state index in [0.29, 0.717) is 61.9 Å². The summed E-state index contributed by atoms with van der Waals surface area (Å²) >= 11 is 0. The molecular formula is C35H45N3O5. The number of aromatic amines is 1. The SMILES string of the molecule is COCCN(CC(=O)N(CCc1c[nH]c2ccccc12)Cc1ccc(OC)c(OC)c1)C(=O)C12CC3CC(CC(C3)C1)C2. The number of carbonyl (C=O) groups excluding carboxylic acids is 2. The minimum absolute atomic E-state index is 0.0520. The van der Waals surface area contributed by atoms with Crippen LogP contribution in [-0.2, 0) is 27.3 Å². The number of para-hydroxylation sites is 1. The van der Waals surface area contributed by atoms with E-state index in [0.717, 1.165) is 30.3 Å². The van der Waals surface area contributed by atoms with Crippen LogP contribution in [0.2, 0.25) is 0 Å². The zero-order valence-electron chi connectivity index (χ0n) is 25.8. The van der Waals surface area contributed by atoms with Gasteiger partial charge in [0, 0.05) is 43.8 Å². The summed E-state index contributed by atoms with van der Waals surface area (Å²) in [4.78, 5) is 35.6. The molecule has 4 saturated carbocycles. The largest absolute Gasteiger partial charge is 0.493 e. The van der Waals surface area contributed by atoms with E-state index in [1.165, 1.54) is 30.2 Å². The lowest BCUT2D eigenvalue weighted by atomic mass is 9.49. The van der Waals surface area contributed by atoms with Crippen molar-refractivity contribution in [1.29, 1.82) is 0 Å². The van der Waals surface area contributed by atoms with Crippen LogP contribution in [0, 0.1) is 23.2 Å². The van der Waals surface area contributed by atoms with Crippen LogP contribution in [0.1, 0.15) is 49.7 Å². The van der Waals surface area contributed by atoms with Crippen molar-refractivity contribution in [2.75, 3.05) is 47.6 Å². The predicted molar refractivity (Wildman–Crippen MR) is 166 cm³/mol. The molecule has 0 radical (unpaired) electrons. The summed E-state index contributed by atoms with van der Waals surface area (Å²) in [6, 6.07) is 14.0. The minimum Gasteiger partial charge on any atom is -0.493 e. The second-order valence-electron chi connectivity index (χ2n) is 13.0. The number of nitrogens with zero attached hydrogens (tertiary/aromatic N) is 2. The third kappa shape index (κ3) is 6.12. The van der Waals surface area contributed by atoms with Crippen molar-refractivity contribution in [2.45, 2.75) is 51.5 Å². The molecule has 3 aromatic rings. The van der Waals surface area contributed by atoms with E-state index in [1.54, 1.807) is 21.3 Å². The van der Waals surface area contributed by atoms with Gasteiger partial charge in [0.2, 0.25) is 11.8 Å². The molecule has 8 heteroatoms. The van der Waals surface area contributed by atoms with Gasteiger partial charge in [-0.05, 0) is 92.0 Å². The van der Waals surface area contributed by atoms with Crippen molar-refractivity contribution in [3.63, 3.8) is 0 Å². The van der Waals surface area contributed by atoms with Crippen molar-refractivity contribution < 1.29 is 23.8 Å². The van der Waals surface area contributed by atoms with Gasteiger partial charge in [-0.15, -0.1) is 0 Å². The Balaban J connectivity index is 1.23. The standard InChI is InChI=1S/C35H45N3O5/c1-41-13-12-38(34(40)35-18-25-14-26(19-35)16-27(15-25)20-35)23-33(39)37(22-24-8-9-31(42-2)32(17-24)43-3)11-10-28-21-36-30-7-5-4-6-29(28)30/h4-9,17,21,25-27,36H,10-16,18-20,22-23H2,1-3H3. The number of carbonyl (C=O) groups is 2. The van der Waals surface area contributed by atoms with Gasteiger partial charge in [0.25, 0.3) is 0 Å². The number of hydrogen-bond donors (Lipinski definition) is 1. The number of ether oxygens (including phenoxy) is 3. The fourth-order valence-electron chi connectivity index (χ4n) is 8.51. The van der Waals surface area contributed by atoms with Gasteiger partial charge in [0.1, 0.15) is 0 Å². The molecular weight excluding hydrogens is 542 g/mol. The molecule has 230 valence electrons. The summed E-state index contributed by atoms with van der Waals surface area (Å²) in [6.07, 6.45) is 9.49. The molecule has 4 aliphatic carbocycles. The number of nitrogens with one attached hydrogen (secondary N) is 1. The Morgan fingerprint density at radius 1 is 0.884 bits per heavy atom. The average Bonchev–Trinajstić information content (AvgIpc) is 3.43. The Kier molecular flexibility index (Phi) is 8.66. The normalized spacial score (nSPS) is 23.8. The fraction of sp³-hybridized carbons (Fsp3) is 0.543. The number of fused-ring (bicyclic) bond motifs is 1. The first-order chi connectivity index (χ1) is 20.9. The number of benzene rings is 2. The lowest BCUT2D eigenvalue weighted by Gasteiger charge is -2.56. The first-order valence-corrected chi connectivity index (χ1v) is 15.7. The lowest BCUT2D eigenvalue weighted by Crippen LogP contribution is -2.56. The highest BCUT2D eigenvalue weighted by Gasteiger charge is 2.55. The summed E-state index contributed by atoms with van der Waals surface area (Å²) in [5, 5.41) is 1.17. The summed E-state index contributed by atoms with van der Waals surface area (Å²) < 4.78 is 16.4. The van der Waals surface area contributed by atoms with Crippen molar-refractivity contribution in [1.82, 2.24) is 14.8 Å². The number of methoxy groups -OCH3 is 3. The van der Waals surface area contributed by atoms with E-state index in [9.17, 15) is 9.59 Å². The average molecular weight is 588 g/mol. The Labute approximate surface area is 254 Å². The molecule has 0 aliphatic heterocycles. The third-order valence-electron chi connectivity index (χ3n) is 10.2. The van der Waals surface area contributed by atoms with Crippen LogP contribution in [0.5, 0.6) is 11.5 Å². The smallest absolute Gasteiger partial charge is 0.242 e. The number of H-pyrrole nitrogens is 1. The van der Waals surface area contributed by atoms with E-state index in [-0.39, 0.29) is 23.8 Å². The summed E-state index contributed by atoms with van der Waals surface area (Å²) in [6.45, 7) is 1.83. The molecule has 0 saturated heterocycles. The fourth-order valence-corrected chi connectivity index (χ4v) is 8.51. The quantitative estimate of drug-likeness (QED) is 0.288. The van der Waals surface area contributed by atoms with Crippen molar-refractivity contribution in [3.8, 4) is 11.5 Å².